The molecule has 0 aromatic heterocycles. The van der Waals surface area contributed by atoms with Gasteiger partial charge in [0.25, 0.3) is 0 Å². The molecule has 1 aliphatic carbocycles. The van der Waals surface area contributed by atoms with Gasteiger partial charge in [0, 0.05) is 11.5 Å². The number of hydrogen-bond acceptors (Lipinski definition) is 3. The predicted octanol–water partition coefficient (Wildman–Crippen LogP) is 2.09. The van der Waals surface area contributed by atoms with Gasteiger partial charge >= 0.3 is 5.97 Å². The van der Waals surface area contributed by atoms with Gasteiger partial charge in [0.1, 0.15) is 0 Å². The number of methoxy groups -OCH3 is 1. The molecule has 0 radical (unpaired) electrons. The highest BCUT2D eigenvalue weighted by Crippen LogP contribution is 2.56. The topological polar surface area (TPSA) is 52.3 Å². The fourth-order valence-electron chi connectivity index (χ4n) is 3.10. The largest absolute Gasteiger partial charge is 0.469 e. The van der Waals surface area contributed by atoms with E-state index in [1.165, 1.54) is 7.11 Å². The SMILES string of the molecule is COC(=O)CC1(C(C)N)CCCC1(C)C. The molecule has 1 fully saturated rings. The van der Waals surface area contributed by atoms with Crippen molar-refractivity contribution in [1.29, 1.82) is 0 Å². The van der Waals surface area contributed by atoms with Crippen LogP contribution in [0, 0.1) is 10.8 Å². The Bertz CT molecular complexity index is 248. The van der Waals surface area contributed by atoms with Crippen molar-refractivity contribution in [3.05, 3.63) is 0 Å². The Labute approximate surface area is 92.4 Å². The molecular formula is C12H23NO2. The summed E-state index contributed by atoms with van der Waals surface area (Å²) >= 11 is 0. The van der Waals surface area contributed by atoms with Gasteiger partial charge in [0.2, 0.25) is 0 Å². The summed E-state index contributed by atoms with van der Waals surface area (Å²) in [6, 6.07) is 0.0362. The summed E-state index contributed by atoms with van der Waals surface area (Å²) in [6.07, 6.45) is 3.79. The number of carbonyl (C=O) groups is 1. The quantitative estimate of drug-likeness (QED) is 0.730. The molecule has 0 aromatic rings. The summed E-state index contributed by atoms with van der Waals surface area (Å²) in [6.45, 7) is 6.44. The Kier molecular flexibility index (Phi) is 3.44. The van der Waals surface area contributed by atoms with Crippen LogP contribution in [0.15, 0.2) is 0 Å². The van der Waals surface area contributed by atoms with Gasteiger partial charge in [-0.3, -0.25) is 4.79 Å². The van der Waals surface area contributed by atoms with Gasteiger partial charge < -0.3 is 10.5 Å². The molecule has 0 spiro atoms. The van der Waals surface area contributed by atoms with Crippen LogP contribution in [0.2, 0.25) is 0 Å². The standard InChI is InChI=1S/C12H23NO2/c1-9(13)12(8-10(14)15-4)7-5-6-11(12,2)3/h9H,5-8,13H2,1-4H3. The van der Waals surface area contributed by atoms with E-state index in [1.54, 1.807) is 0 Å². The molecule has 1 saturated carbocycles. The maximum atomic E-state index is 11.5. The third kappa shape index (κ3) is 2.03. The average Bonchev–Trinajstić information content (AvgIpc) is 2.43. The number of ether oxygens (including phenoxy) is 1. The van der Waals surface area contributed by atoms with E-state index in [0.29, 0.717) is 6.42 Å². The van der Waals surface area contributed by atoms with Crippen LogP contribution in [-0.2, 0) is 9.53 Å². The van der Waals surface area contributed by atoms with Gasteiger partial charge in [-0.15, -0.1) is 0 Å². The fraction of sp³-hybridized carbons (Fsp3) is 0.917. The van der Waals surface area contributed by atoms with Gasteiger partial charge in [0.05, 0.1) is 13.5 Å². The third-order valence-corrected chi connectivity index (χ3v) is 4.33. The zero-order valence-electron chi connectivity index (χ0n) is 10.3. The molecule has 2 N–H and O–H groups in total. The Morgan fingerprint density at radius 3 is 2.40 bits per heavy atom. The first-order valence-corrected chi connectivity index (χ1v) is 5.68. The molecular weight excluding hydrogens is 190 g/mol. The van der Waals surface area contributed by atoms with Crippen LogP contribution in [0.4, 0.5) is 0 Å². The van der Waals surface area contributed by atoms with Gasteiger partial charge in [-0.2, -0.15) is 0 Å². The number of esters is 1. The van der Waals surface area contributed by atoms with Crippen LogP contribution in [0.5, 0.6) is 0 Å². The number of rotatable bonds is 3. The van der Waals surface area contributed by atoms with Gasteiger partial charge in [0.15, 0.2) is 0 Å². The highest BCUT2D eigenvalue weighted by atomic mass is 16.5. The van der Waals surface area contributed by atoms with Crippen LogP contribution in [0.25, 0.3) is 0 Å². The van der Waals surface area contributed by atoms with Crippen molar-refractivity contribution >= 4 is 5.97 Å². The van der Waals surface area contributed by atoms with E-state index in [1.807, 2.05) is 6.92 Å². The molecule has 3 nitrogen and oxygen atoms in total. The lowest BCUT2D eigenvalue weighted by Gasteiger charge is -2.44. The van der Waals surface area contributed by atoms with Crippen molar-refractivity contribution in [2.75, 3.05) is 7.11 Å². The van der Waals surface area contributed by atoms with Crippen LogP contribution in [0.1, 0.15) is 46.5 Å². The summed E-state index contributed by atoms with van der Waals surface area (Å²) in [5, 5.41) is 0. The van der Waals surface area contributed by atoms with Crippen molar-refractivity contribution in [2.45, 2.75) is 52.5 Å². The van der Waals surface area contributed by atoms with E-state index >= 15 is 0 Å². The molecule has 0 amide bonds. The van der Waals surface area contributed by atoms with Crippen molar-refractivity contribution in [1.82, 2.24) is 0 Å². The van der Waals surface area contributed by atoms with E-state index < -0.39 is 0 Å². The lowest BCUT2D eigenvalue weighted by atomic mass is 9.62. The second-order valence-corrected chi connectivity index (χ2v) is 5.44. The van der Waals surface area contributed by atoms with Gasteiger partial charge in [-0.05, 0) is 25.2 Å². The fourth-order valence-corrected chi connectivity index (χ4v) is 3.10. The Balaban J connectivity index is 2.93. The second-order valence-electron chi connectivity index (χ2n) is 5.44. The average molecular weight is 213 g/mol. The number of carbonyl (C=O) groups excluding carboxylic acids is 1. The summed E-state index contributed by atoms with van der Waals surface area (Å²) in [5.41, 5.74) is 6.15. The molecule has 0 aromatic carbocycles. The summed E-state index contributed by atoms with van der Waals surface area (Å²) < 4.78 is 4.79. The number of hydrogen-bond donors (Lipinski definition) is 1. The third-order valence-electron chi connectivity index (χ3n) is 4.33. The minimum atomic E-state index is -0.137. The van der Waals surface area contributed by atoms with Gasteiger partial charge in [-0.1, -0.05) is 20.3 Å². The predicted molar refractivity (Wildman–Crippen MR) is 60.3 cm³/mol. The molecule has 1 rings (SSSR count). The minimum absolute atomic E-state index is 0.0362. The Morgan fingerprint density at radius 1 is 1.47 bits per heavy atom. The highest BCUT2D eigenvalue weighted by molar-refractivity contribution is 5.70. The summed E-state index contributed by atoms with van der Waals surface area (Å²) in [4.78, 5) is 11.5. The maximum Gasteiger partial charge on any atom is 0.306 e. The highest BCUT2D eigenvalue weighted by Gasteiger charge is 2.52. The van der Waals surface area contributed by atoms with Crippen LogP contribution < -0.4 is 5.73 Å². The van der Waals surface area contributed by atoms with Crippen molar-refractivity contribution in [2.24, 2.45) is 16.6 Å². The first-order valence-electron chi connectivity index (χ1n) is 5.68. The maximum absolute atomic E-state index is 11.5. The summed E-state index contributed by atoms with van der Waals surface area (Å²) in [5.74, 6) is -0.137. The van der Waals surface area contributed by atoms with E-state index in [4.69, 9.17) is 10.5 Å². The van der Waals surface area contributed by atoms with Crippen LogP contribution in [-0.4, -0.2) is 19.1 Å². The minimum Gasteiger partial charge on any atom is -0.469 e. The molecule has 15 heavy (non-hydrogen) atoms. The van der Waals surface area contributed by atoms with Crippen molar-refractivity contribution in [3.8, 4) is 0 Å². The first kappa shape index (κ1) is 12.5. The van der Waals surface area contributed by atoms with Crippen molar-refractivity contribution < 1.29 is 9.53 Å². The molecule has 2 unspecified atom stereocenters. The van der Waals surface area contributed by atoms with E-state index in [-0.39, 0.29) is 22.8 Å². The monoisotopic (exact) mass is 213 g/mol. The molecule has 0 aliphatic heterocycles. The zero-order chi connectivity index (χ0) is 11.7. The molecule has 0 saturated heterocycles. The lowest BCUT2D eigenvalue weighted by Crippen LogP contribution is -2.48. The van der Waals surface area contributed by atoms with Crippen LogP contribution >= 0.6 is 0 Å². The molecule has 88 valence electrons. The lowest BCUT2D eigenvalue weighted by molar-refractivity contribution is -0.145. The molecule has 2 atom stereocenters. The molecule has 3 heteroatoms. The van der Waals surface area contributed by atoms with E-state index in [0.717, 1.165) is 19.3 Å². The Hall–Kier alpha value is -0.570. The second kappa shape index (κ2) is 4.12. The smallest absolute Gasteiger partial charge is 0.306 e. The van der Waals surface area contributed by atoms with E-state index in [9.17, 15) is 4.79 Å². The molecule has 0 bridgehead atoms. The normalized spacial score (nSPS) is 31.3. The van der Waals surface area contributed by atoms with Crippen molar-refractivity contribution in [3.63, 3.8) is 0 Å². The zero-order valence-corrected chi connectivity index (χ0v) is 10.3. The Morgan fingerprint density at radius 2 is 2.07 bits per heavy atom. The molecule has 1 aliphatic rings. The van der Waals surface area contributed by atoms with E-state index in [2.05, 4.69) is 13.8 Å². The van der Waals surface area contributed by atoms with Gasteiger partial charge in [-0.25, -0.2) is 0 Å². The number of nitrogens with two attached hydrogens (primary N) is 1. The van der Waals surface area contributed by atoms with Crippen LogP contribution in [0.3, 0.4) is 0 Å². The first-order chi connectivity index (χ1) is 6.85. The summed E-state index contributed by atoms with van der Waals surface area (Å²) in [7, 11) is 1.44. The molecule has 0 heterocycles.